The number of fused-ring (bicyclic) bond motifs is 1. The Morgan fingerprint density at radius 1 is 1.56 bits per heavy atom. The lowest BCUT2D eigenvalue weighted by atomic mass is 10.3. The van der Waals surface area contributed by atoms with Gasteiger partial charge in [0.25, 0.3) is 0 Å². The van der Waals surface area contributed by atoms with Crippen LogP contribution in [0.5, 0.6) is 0 Å². The van der Waals surface area contributed by atoms with E-state index in [0.29, 0.717) is 12.5 Å². The zero-order valence-corrected chi connectivity index (χ0v) is 10.5. The normalized spacial score (nSPS) is 22.1. The highest BCUT2D eigenvalue weighted by atomic mass is 16.2. The monoisotopic (exact) mass is 243 g/mol. The molecule has 94 valence electrons. The molecule has 1 aliphatic rings. The van der Waals surface area contributed by atoms with E-state index in [1.807, 2.05) is 35.0 Å². The fraction of sp³-hybridized carbons (Fsp3) is 0.429. The number of rotatable bonds is 4. The summed E-state index contributed by atoms with van der Waals surface area (Å²) < 4.78 is 2.00. The van der Waals surface area contributed by atoms with Crippen molar-refractivity contribution in [1.29, 1.82) is 0 Å². The lowest BCUT2D eigenvalue weighted by Gasteiger charge is -2.02. The first kappa shape index (κ1) is 11.3. The number of nitrogens with zero attached hydrogens (tertiary/aromatic N) is 2. The largest absolute Gasteiger partial charge is 0.355 e. The quantitative estimate of drug-likeness (QED) is 0.887. The summed E-state index contributed by atoms with van der Waals surface area (Å²) in [5.74, 6) is 1.03. The molecule has 3 rings (SSSR count). The molecule has 2 aromatic rings. The van der Waals surface area contributed by atoms with Crippen LogP contribution in [0.15, 0.2) is 30.6 Å². The third kappa shape index (κ3) is 2.23. The van der Waals surface area contributed by atoms with E-state index in [-0.39, 0.29) is 11.8 Å². The molecule has 18 heavy (non-hydrogen) atoms. The molecular formula is C14H17N3O. The second-order valence-electron chi connectivity index (χ2n) is 5.06. The number of imidazole rings is 1. The molecule has 1 saturated carbocycles. The molecule has 1 N–H and O–H groups in total. The lowest BCUT2D eigenvalue weighted by molar-refractivity contribution is -0.122. The molecule has 0 saturated heterocycles. The maximum absolute atomic E-state index is 11.6. The van der Waals surface area contributed by atoms with Gasteiger partial charge in [0.05, 0.1) is 5.69 Å². The second-order valence-corrected chi connectivity index (χ2v) is 5.06. The molecule has 0 bridgehead atoms. The van der Waals surface area contributed by atoms with Crippen molar-refractivity contribution in [3.05, 3.63) is 36.3 Å². The second kappa shape index (κ2) is 4.44. The number of hydrogen-bond donors (Lipinski definition) is 1. The maximum atomic E-state index is 11.6. The first-order chi connectivity index (χ1) is 8.74. The van der Waals surface area contributed by atoms with Gasteiger partial charge in [-0.15, -0.1) is 0 Å². The van der Waals surface area contributed by atoms with Gasteiger partial charge in [-0.25, -0.2) is 4.98 Å². The van der Waals surface area contributed by atoms with Crippen LogP contribution < -0.4 is 5.32 Å². The van der Waals surface area contributed by atoms with Crippen LogP contribution in [-0.2, 0) is 11.2 Å². The summed E-state index contributed by atoms with van der Waals surface area (Å²) in [6, 6.07) is 5.94. The Hall–Kier alpha value is -1.84. The Labute approximate surface area is 106 Å². The smallest absolute Gasteiger partial charge is 0.223 e. The van der Waals surface area contributed by atoms with Gasteiger partial charge in [-0.3, -0.25) is 4.79 Å². The van der Waals surface area contributed by atoms with Gasteiger partial charge in [0.2, 0.25) is 5.91 Å². The molecule has 1 fully saturated rings. The van der Waals surface area contributed by atoms with E-state index in [0.717, 1.165) is 24.2 Å². The lowest BCUT2D eigenvalue weighted by Crippen LogP contribution is -2.27. The van der Waals surface area contributed by atoms with Crippen molar-refractivity contribution in [3.63, 3.8) is 0 Å². The highest BCUT2D eigenvalue weighted by Crippen LogP contribution is 2.37. The highest BCUT2D eigenvalue weighted by Gasteiger charge is 2.38. The van der Waals surface area contributed by atoms with Crippen molar-refractivity contribution in [2.45, 2.75) is 19.8 Å². The van der Waals surface area contributed by atoms with Crippen LogP contribution in [0.3, 0.4) is 0 Å². The molecule has 4 nitrogen and oxygen atoms in total. The Balaban J connectivity index is 1.55. The molecule has 0 radical (unpaired) electrons. The molecule has 0 spiro atoms. The third-order valence-electron chi connectivity index (χ3n) is 3.54. The summed E-state index contributed by atoms with van der Waals surface area (Å²) >= 11 is 0. The van der Waals surface area contributed by atoms with Gasteiger partial charge in [0.1, 0.15) is 5.65 Å². The fourth-order valence-corrected chi connectivity index (χ4v) is 2.24. The molecule has 2 heterocycles. The third-order valence-corrected chi connectivity index (χ3v) is 3.54. The van der Waals surface area contributed by atoms with E-state index in [1.54, 1.807) is 0 Å². The van der Waals surface area contributed by atoms with Gasteiger partial charge in [-0.05, 0) is 24.5 Å². The molecule has 0 unspecified atom stereocenters. The Morgan fingerprint density at radius 2 is 2.39 bits per heavy atom. The SMILES string of the molecule is C[C@@H]1C[C@@H]1C(=O)NCCc1cn2ccccc2n1. The van der Waals surface area contributed by atoms with Crippen molar-refractivity contribution in [2.75, 3.05) is 6.54 Å². The van der Waals surface area contributed by atoms with Gasteiger partial charge in [-0.1, -0.05) is 13.0 Å². The first-order valence-corrected chi connectivity index (χ1v) is 6.44. The van der Waals surface area contributed by atoms with Gasteiger partial charge >= 0.3 is 0 Å². The van der Waals surface area contributed by atoms with Crippen LogP contribution in [0.25, 0.3) is 5.65 Å². The van der Waals surface area contributed by atoms with Crippen LogP contribution in [0, 0.1) is 11.8 Å². The summed E-state index contributed by atoms with van der Waals surface area (Å²) in [6.07, 6.45) is 5.83. The number of nitrogens with one attached hydrogen (secondary N) is 1. The number of carbonyl (C=O) groups is 1. The predicted molar refractivity (Wildman–Crippen MR) is 69.2 cm³/mol. The van der Waals surface area contributed by atoms with Crippen molar-refractivity contribution < 1.29 is 4.79 Å². The van der Waals surface area contributed by atoms with Crippen LogP contribution in [-0.4, -0.2) is 21.8 Å². The Kier molecular flexibility index (Phi) is 2.78. The van der Waals surface area contributed by atoms with E-state index in [2.05, 4.69) is 17.2 Å². The van der Waals surface area contributed by atoms with Gasteiger partial charge in [-0.2, -0.15) is 0 Å². The standard InChI is InChI=1S/C14H17N3O/c1-10-8-12(10)14(18)15-6-5-11-9-17-7-3-2-4-13(17)16-11/h2-4,7,9-10,12H,5-6,8H2,1H3,(H,15,18)/t10-,12+/m1/s1. The minimum Gasteiger partial charge on any atom is -0.355 e. The molecule has 2 aromatic heterocycles. The molecule has 4 heteroatoms. The first-order valence-electron chi connectivity index (χ1n) is 6.44. The Bertz CT molecular complexity index is 542. The predicted octanol–water partition coefficient (Wildman–Crippen LogP) is 1.65. The number of carbonyl (C=O) groups excluding carboxylic acids is 1. The Morgan fingerprint density at radius 3 is 3.11 bits per heavy atom. The van der Waals surface area contributed by atoms with Crippen molar-refractivity contribution in [2.24, 2.45) is 11.8 Å². The number of amides is 1. The summed E-state index contributed by atoms with van der Waals surface area (Å²) in [6.45, 7) is 2.79. The van der Waals surface area contributed by atoms with E-state index in [1.165, 1.54) is 0 Å². The van der Waals surface area contributed by atoms with Crippen molar-refractivity contribution in [3.8, 4) is 0 Å². The highest BCUT2D eigenvalue weighted by molar-refractivity contribution is 5.81. The molecule has 0 aromatic carbocycles. The number of aromatic nitrogens is 2. The summed E-state index contributed by atoms with van der Waals surface area (Å²) in [7, 11) is 0. The molecular weight excluding hydrogens is 226 g/mol. The maximum Gasteiger partial charge on any atom is 0.223 e. The van der Waals surface area contributed by atoms with Gasteiger partial charge in [0, 0.05) is 31.3 Å². The van der Waals surface area contributed by atoms with E-state index in [9.17, 15) is 4.79 Å². The van der Waals surface area contributed by atoms with E-state index in [4.69, 9.17) is 0 Å². The summed E-state index contributed by atoms with van der Waals surface area (Å²) in [5, 5.41) is 2.98. The summed E-state index contributed by atoms with van der Waals surface area (Å²) in [5.41, 5.74) is 1.97. The number of hydrogen-bond acceptors (Lipinski definition) is 2. The zero-order valence-electron chi connectivity index (χ0n) is 10.5. The molecule has 0 aliphatic heterocycles. The van der Waals surface area contributed by atoms with Gasteiger partial charge in [0.15, 0.2) is 0 Å². The van der Waals surface area contributed by atoms with Crippen LogP contribution in [0.4, 0.5) is 0 Å². The van der Waals surface area contributed by atoms with Crippen LogP contribution in [0.1, 0.15) is 19.0 Å². The van der Waals surface area contributed by atoms with E-state index < -0.39 is 0 Å². The average Bonchev–Trinajstić information content (AvgIpc) is 2.95. The summed E-state index contributed by atoms with van der Waals surface area (Å²) in [4.78, 5) is 16.1. The minimum absolute atomic E-state index is 0.200. The molecule has 1 aliphatic carbocycles. The van der Waals surface area contributed by atoms with E-state index >= 15 is 0 Å². The zero-order chi connectivity index (χ0) is 12.5. The van der Waals surface area contributed by atoms with Crippen molar-refractivity contribution in [1.82, 2.24) is 14.7 Å². The molecule has 1 amide bonds. The fourth-order valence-electron chi connectivity index (χ4n) is 2.24. The minimum atomic E-state index is 0.200. The average molecular weight is 243 g/mol. The topological polar surface area (TPSA) is 46.4 Å². The number of pyridine rings is 1. The van der Waals surface area contributed by atoms with Crippen molar-refractivity contribution >= 4 is 11.6 Å². The van der Waals surface area contributed by atoms with Gasteiger partial charge < -0.3 is 9.72 Å². The van der Waals surface area contributed by atoms with Crippen LogP contribution in [0.2, 0.25) is 0 Å². The molecule has 2 atom stereocenters. The van der Waals surface area contributed by atoms with Crippen LogP contribution >= 0.6 is 0 Å².